The predicted molar refractivity (Wildman–Crippen MR) is 52.9 cm³/mol. The van der Waals surface area contributed by atoms with Crippen molar-refractivity contribution in [2.24, 2.45) is 5.73 Å². The molecule has 2 heteroatoms. The van der Waals surface area contributed by atoms with Crippen molar-refractivity contribution in [1.29, 1.82) is 0 Å². The topological polar surface area (TPSA) is 35.2 Å². The minimum Gasteiger partial charge on any atom is -0.493 e. The summed E-state index contributed by atoms with van der Waals surface area (Å²) in [5, 5.41) is 0. The van der Waals surface area contributed by atoms with E-state index in [-0.39, 0.29) is 0 Å². The average Bonchev–Trinajstić information content (AvgIpc) is 2.18. The summed E-state index contributed by atoms with van der Waals surface area (Å²) in [7, 11) is 0. The monoisotopic (exact) mass is 177 g/mol. The van der Waals surface area contributed by atoms with Crippen LogP contribution in [0, 0.1) is 6.92 Å². The third-order valence-electron chi connectivity index (χ3n) is 2.56. The summed E-state index contributed by atoms with van der Waals surface area (Å²) in [6.07, 6.45) is 2.28. The van der Waals surface area contributed by atoms with Crippen LogP contribution in [-0.2, 0) is 13.0 Å². The highest BCUT2D eigenvalue weighted by molar-refractivity contribution is 5.44. The smallest absolute Gasteiger partial charge is 0.123 e. The van der Waals surface area contributed by atoms with E-state index in [1.165, 1.54) is 11.1 Å². The summed E-state index contributed by atoms with van der Waals surface area (Å²) < 4.78 is 5.59. The second kappa shape index (κ2) is 3.38. The van der Waals surface area contributed by atoms with Gasteiger partial charge in [0.25, 0.3) is 0 Å². The maximum atomic E-state index is 5.60. The number of rotatable bonds is 1. The molecule has 0 atom stereocenters. The van der Waals surface area contributed by atoms with E-state index >= 15 is 0 Å². The fourth-order valence-corrected chi connectivity index (χ4v) is 1.85. The van der Waals surface area contributed by atoms with Crippen LogP contribution >= 0.6 is 0 Å². The SMILES string of the molecule is Cc1cc(CN)cc2c1CCCO2. The van der Waals surface area contributed by atoms with Gasteiger partial charge in [0, 0.05) is 6.54 Å². The molecule has 0 saturated heterocycles. The number of hydrogen-bond donors (Lipinski definition) is 1. The average molecular weight is 177 g/mol. The lowest BCUT2D eigenvalue weighted by molar-refractivity contribution is 0.287. The van der Waals surface area contributed by atoms with Crippen molar-refractivity contribution in [3.8, 4) is 5.75 Å². The van der Waals surface area contributed by atoms with Gasteiger partial charge in [-0.1, -0.05) is 6.07 Å². The van der Waals surface area contributed by atoms with Gasteiger partial charge >= 0.3 is 0 Å². The van der Waals surface area contributed by atoms with Crippen LogP contribution in [0.1, 0.15) is 23.1 Å². The highest BCUT2D eigenvalue weighted by atomic mass is 16.5. The zero-order valence-electron chi connectivity index (χ0n) is 7.97. The summed E-state index contributed by atoms with van der Waals surface area (Å²) in [4.78, 5) is 0. The lowest BCUT2D eigenvalue weighted by Gasteiger charge is -2.20. The Morgan fingerprint density at radius 2 is 2.31 bits per heavy atom. The van der Waals surface area contributed by atoms with Crippen molar-refractivity contribution in [3.63, 3.8) is 0 Å². The molecule has 2 rings (SSSR count). The Morgan fingerprint density at radius 1 is 1.46 bits per heavy atom. The first-order valence-corrected chi connectivity index (χ1v) is 4.76. The Balaban J connectivity index is 2.47. The number of ether oxygens (including phenoxy) is 1. The van der Waals surface area contributed by atoms with Crippen LogP contribution in [0.3, 0.4) is 0 Å². The van der Waals surface area contributed by atoms with Crippen LogP contribution in [0.15, 0.2) is 12.1 Å². The molecule has 0 aromatic heterocycles. The third kappa shape index (κ3) is 1.54. The van der Waals surface area contributed by atoms with Gasteiger partial charge in [0.05, 0.1) is 6.61 Å². The quantitative estimate of drug-likeness (QED) is 0.709. The molecule has 0 spiro atoms. The zero-order chi connectivity index (χ0) is 9.26. The summed E-state index contributed by atoms with van der Waals surface area (Å²) in [5.41, 5.74) is 9.44. The molecular formula is C11H15NO. The molecule has 1 aliphatic heterocycles. The highest BCUT2D eigenvalue weighted by Gasteiger charge is 2.12. The van der Waals surface area contributed by atoms with E-state index in [4.69, 9.17) is 10.5 Å². The Kier molecular flexibility index (Phi) is 2.23. The van der Waals surface area contributed by atoms with Crippen molar-refractivity contribution in [3.05, 3.63) is 28.8 Å². The molecule has 0 amide bonds. The van der Waals surface area contributed by atoms with Crippen molar-refractivity contribution < 1.29 is 4.74 Å². The van der Waals surface area contributed by atoms with Gasteiger partial charge in [-0.2, -0.15) is 0 Å². The van der Waals surface area contributed by atoms with E-state index < -0.39 is 0 Å². The van der Waals surface area contributed by atoms with E-state index in [2.05, 4.69) is 19.1 Å². The number of aryl methyl sites for hydroxylation is 1. The van der Waals surface area contributed by atoms with Gasteiger partial charge in [-0.15, -0.1) is 0 Å². The molecule has 0 aliphatic carbocycles. The van der Waals surface area contributed by atoms with E-state index in [9.17, 15) is 0 Å². The minimum atomic E-state index is 0.595. The van der Waals surface area contributed by atoms with E-state index in [1.807, 2.05) is 0 Å². The van der Waals surface area contributed by atoms with E-state index in [0.29, 0.717) is 6.54 Å². The first-order chi connectivity index (χ1) is 6.31. The molecule has 1 aromatic carbocycles. The number of nitrogens with two attached hydrogens (primary N) is 1. The Hall–Kier alpha value is -1.02. The van der Waals surface area contributed by atoms with Gasteiger partial charge < -0.3 is 10.5 Å². The number of benzene rings is 1. The summed E-state index contributed by atoms with van der Waals surface area (Å²) in [5.74, 6) is 1.05. The van der Waals surface area contributed by atoms with Crippen molar-refractivity contribution >= 4 is 0 Å². The Labute approximate surface area is 78.7 Å². The van der Waals surface area contributed by atoms with E-state index in [0.717, 1.165) is 30.8 Å². The normalized spacial score (nSPS) is 14.9. The molecule has 1 aromatic rings. The molecule has 0 bridgehead atoms. The minimum absolute atomic E-state index is 0.595. The van der Waals surface area contributed by atoms with Crippen LogP contribution in [0.2, 0.25) is 0 Å². The summed E-state index contributed by atoms with van der Waals surface area (Å²) in [6, 6.07) is 4.23. The second-order valence-corrected chi connectivity index (χ2v) is 3.55. The zero-order valence-corrected chi connectivity index (χ0v) is 7.97. The second-order valence-electron chi connectivity index (χ2n) is 3.55. The fourth-order valence-electron chi connectivity index (χ4n) is 1.85. The van der Waals surface area contributed by atoms with Crippen LogP contribution in [0.4, 0.5) is 0 Å². The van der Waals surface area contributed by atoms with Gasteiger partial charge in [0.15, 0.2) is 0 Å². The van der Waals surface area contributed by atoms with Crippen molar-refractivity contribution in [1.82, 2.24) is 0 Å². The number of hydrogen-bond acceptors (Lipinski definition) is 2. The maximum absolute atomic E-state index is 5.60. The first kappa shape index (κ1) is 8.57. The molecule has 2 N–H and O–H groups in total. The van der Waals surface area contributed by atoms with Gasteiger partial charge in [0.1, 0.15) is 5.75 Å². The lowest BCUT2D eigenvalue weighted by atomic mass is 9.98. The number of fused-ring (bicyclic) bond motifs is 1. The van der Waals surface area contributed by atoms with Crippen LogP contribution < -0.4 is 10.5 Å². The van der Waals surface area contributed by atoms with E-state index in [1.54, 1.807) is 0 Å². The molecule has 0 radical (unpaired) electrons. The van der Waals surface area contributed by atoms with Crippen molar-refractivity contribution in [2.45, 2.75) is 26.3 Å². The molecule has 0 fully saturated rings. The molecule has 0 saturated carbocycles. The largest absolute Gasteiger partial charge is 0.493 e. The highest BCUT2D eigenvalue weighted by Crippen LogP contribution is 2.28. The van der Waals surface area contributed by atoms with Gasteiger partial charge in [0.2, 0.25) is 0 Å². The maximum Gasteiger partial charge on any atom is 0.123 e. The van der Waals surface area contributed by atoms with Gasteiger partial charge in [-0.3, -0.25) is 0 Å². The molecule has 1 aliphatic rings. The van der Waals surface area contributed by atoms with Crippen molar-refractivity contribution in [2.75, 3.05) is 6.61 Å². The molecule has 1 heterocycles. The lowest BCUT2D eigenvalue weighted by Crippen LogP contribution is -2.11. The van der Waals surface area contributed by atoms with Crippen LogP contribution in [0.25, 0.3) is 0 Å². The van der Waals surface area contributed by atoms with Gasteiger partial charge in [-0.05, 0) is 42.5 Å². The predicted octanol–water partition coefficient (Wildman–Crippen LogP) is 1.78. The molecule has 2 nitrogen and oxygen atoms in total. The fraction of sp³-hybridized carbons (Fsp3) is 0.455. The summed E-state index contributed by atoms with van der Waals surface area (Å²) >= 11 is 0. The Bertz CT molecular complexity index is 320. The third-order valence-corrected chi connectivity index (χ3v) is 2.56. The molecule has 70 valence electrons. The Morgan fingerprint density at radius 3 is 3.08 bits per heavy atom. The first-order valence-electron chi connectivity index (χ1n) is 4.76. The van der Waals surface area contributed by atoms with Gasteiger partial charge in [-0.25, -0.2) is 0 Å². The summed E-state index contributed by atoms with van der Waals surface area (Å²) in [6.45, 7) is 3.57. The molecule has 13 heavy (non-hydrogen) atoms. The van der Waals surface area contributed by atoms with Crippen LogP contribution in [-0.4, -0.2) is 6.61 Å². The van der Waals surface area contributed by atoms with Crippen LogP contribution in [0.5, 0.6) is 5.75 Å². The molecule has 0 unspecified atom stereocenters. The standard InChI is InChI=1S/C11H15NO/c1-8-5-9(7-12)6-11-10(8)3-2-4-13-11/h5-6H,2-4,7,12H2,1H3. The molecular weight excluding hydrogens is 162 g/mol.